The number of ether oxygens (including phenoxy) is 1. The van der Waals surface area contributed by atoms with Gasteiger partial charge in [0.15, 0.2) is 0 Å². The molecule has 0 aliphatic heterocycles. The number of benzene rings is 6. The van der Waals surface area contributed by atoms with Crippen molar-refractivity contribution in [2.24, 2.45) is 9.98 Å². The maximum Gasteiger partial charge on any atom is 0.128 e. The molecule has 7 rings (SSSR count). The third-order valence-electron chi connectivity index (χ3n) is 11.2. The largest absolute Gasteiger partial charge is 0.872 e. The first-order chi connectivity index (χ1) is 27.8. The van der Waals surface area contributed by atoms with E-state index in [1.807, 2.05) is 91.3 Å². The molecule has 6 nitrogen and oxygen atoms in total. The van der Waals surface area contributed by atoms with Crippen molar-refractivity contribution in [2.75, 3.05) is 0 Å². The fourth-order valence-electron chi connectivity index (χ4n) is 7.71. The standard InChI is InChI=1S/C40H46N2O2.C12H10O2.Mn/c1-27-21-29(37(43)33(23-27)39(3,4)31-15-9-7-10-16-31)25-41-35-19-13-14-20-36(35)42-26-30-22-28(2)24-34(38(30)44)40(5,6)32-17-11-8-12-18-32;13-10-6-8-12(9-7-10)14-11-4-2-1-3-5-11;/h7-12,15-18,21-26,35-36,43-44H,13-14,19-20H2,1-6H3;1-9,13H;/p-1/t35-,36-;;/m1../s1. The zero-order chi connectivity index (χ0) is 41.3. The van der Waals surface area contributed by atoms with E-state index in [0.29, 0.717) is 5.75 Å². The molecule has 305 valence electrons. The Morgan fingerprint density at radius 1 is 0.559 bits per heavy atom. The van der Waals surface area contributed by atoms with Crippen LogP contribution in [0.5, 0.6) is 28.7 Å². The van der Waals surface area contributed by atoms with Crippen LogP contribution in [0.1, 0.15) is 97.9 Å². The van der Waals surface area contributed by atoms with Gasteiger partial charge in [-0.3, -0.25) is 9.98 Å². The van der Waals surface area contributed by atoms with Gasteiger partial charge in [0.1, 0.15) is 23.0 Å². The van der Waals surface area contributed by atoms with E-state index in [1.165, 1.54) is 12.1 Å². The van der Waals surface area contributed by atoms with Gasteiger partial charge < -0.3 is 20.1 Å². The average Bonchev–Trinajstić information content (AvgIpc) is 3.23. The van der Waals surface area contributed by atoms with Crippen LogP contribution in [0.4, 0.5) is 0 Å². The Morgan fingerprint density at radius 3 is 1.34 bits per heavy atom. The molecule has 0 heterocycles. The second kappa shape index (κ2) is 19.9. The summed E-state index contributed by atoms with van der Waals surface area (Å²) in [6, 6.07) is 44.6. The van der Waals surface area contributed by atoms with Crippen LogP contribution < -0.4 is 9.84 Å². The van der Waals surface area contributed by atoms with Gasteiger partial charge in [-0.15, -0.1) is 5.75 Å². The van der Waals surface area contributed by atoms with Gasteiger partial charge in [0.05, 0.1) is 12.1 Å². The van der Waals surface area contributed by atoms with Crippen LogP contribution in [-0.4, -0.2) is 34.7 Å². The molecule has 0 amide bonds. The summed E-state index contributed by atoms with van der Waals surface area (Å²) in [5.74, 6) is 2.00. The van der Waals surface area contributed by atoms with E-state index in [4.69, 9.17) is 14.7 Å². The van der Waals surface area contributed by atoms with Gasteiger partial charge in [-0.1, -0.05) is 144 Å². The van der Waals surface area contributed by atoms with Crippen molar-refractivity contribution in [3.8, 4) is 28.7 Å². The Hall–Kier alpha value is -5.62. The van der Waals surface area contributed by atoms with Gasteiger partial charge >= 0.3 is 0 Å². The van der Waals surface area contributed by atoms with Gasteiger partial charge in [0.2, 0.25) is 0 Å². The molecule has 0 aromatic heterocycles. The quantitative estimate of drug-likeness (QED) is 0.106. The SMILES string of the molecule is Cc1cc(C=N[C@@H]2CCCC[C@H]2N=Cc2cc(C)cc(C(C)(C)c3ccccc3)c2O)c(O)c(C(C)(C)c2ccccc2)c1.[Mn].[O-]c1ccc(Oc2ccccc2)cc1. The molecule has 0 spiro atoms. The van der Waals surface area contributed by atoms with Crippen LogP contribution in [0.15, 0.2) is 150 Å². The minimum atomic E-state index is -0.360. The summed E-state index contributed by atoms with van der Waals surface area (Å²) in [7, 11) is 0. The molecule has 6 aromatic rings. The number of rotatable bonds is 10. The number of hydrogen-bond acceptors (Lipinski definition) is 6. The van der Waals surface area contributed by atoms with Crippen LogP contribution >= 0.6 is 0 Å². The summed E-state index contributed by atoms with van der Waals surface area (Å²) in [4.78, 5) is 10.0. The molecule has 0 saturated heterocycles. The summed E-state index contributed by atoms with van der Waals surface area (Å²) in [6.07, 6.45) is 7.78. The smallest absolute Gasteiger partial charge is 0.128 e. The van der Waals surface area contributed by atoms with Crippen LogP contribution in [0, 0.1) is 13.8 Å². The number of aliphatic imine (C=N–C) groups is 2. The number of nitrogens with zero attached hydrogens (tertiary/aromatic N) is 2. The van der Waals surface area contributed by atoms with Gasteiger partial charge in [0, 0.05) is 62.6 Å². The van der Waals surface area contributed by atoms with Crippen molar-refractivity contribution in [1.82, 2.24) is 0 Å². The van der Waals surface area contributed by atoms with Crippen LogP contribution in [-0.2, 0) is 27.9 Å². The maximum atomic E-state index is 11.4. The topological polar surface area (TPSA) is 97.5 Å². The molecular weight excluding hydrogens is 772 g/mol. The molecule has 2 atom stereocenters. The molecule has 1 saturated carbocycles. The number of phenolic OH excluding ortho intramolecular Hbond substituents is 2. The van der Waals surface area contributed by atoms with Crippen molar-refractivity contribution in [3.05, 3.63) is 184 Å². The van der Waals surface area contributed by atoms with Gasteiger partial charge in [-0.2, -0.15) is 0 Å². The molecule has 0 bridgehead atoms. The van der Waals surface area contributed by atoms with E-state index >= 15 is 0 Å². The van der Waals surface area contributed by atoms with E-state index in [0.717, 1.165) is 75.9 Å². The van der Waals surface area contributed by atoms with Gasteiger partial charge in [-0.25, -0.2) is 0 Å². The molecule has 0 unspecified atom stereocenters. The van der Waals surface area contributed by atoms with Crippen LogP contribution in [0.25, 0.3) is 0 Å². The molecule has 2 N–H and O–H groups in total. The number of phenols is 2. The van der Waals surface area contributed by atoms with E-state index in [-0.39, 0.29) is 57.2 Å². The fourth-order valence-corrected chi connectivity index (χ4v) is 7.71. The normalized spacial score (nSPS) is 15.6. The van der Waals surface area contributed by atoms with E-state index < -0.39 is 0 Å². The van der Waals surface area contributed by atoms with Crippen molar-refractivity contribution >= 4 is 12.4 Å². The number of hydrogen-bond donors (Lipinski definition) is 2. The fraction of sp³-hybridized carbons (Fsp3) is 0.269. The Labute approximate surface area is 360 Å². The Morgan fingerprint density at radius 2 is 0.932 bits per heavy atom. The molecule has 59 heavy (non-hydrogen) atoms. The van der Waals surface area contributed by atoms with Crippen LogP contribution in [0.3, 0.4) is 0 Å². The number of para-hydroxylation sites is 1. The number of aromatic hydroxyl groups is 2. The van der Waals surface area contributed by atoms with Crippen molar-refractivity contribution in [3.63, 3.8) is 0 Å². The monoisotopic (exact) mass is 826 g/mol. The average molecular weight is 827 g/mol. The Balaban J connectivity index is 0.000000371. The molecular formula is C52H55MnN2O4-. The molecule has 7 heteroatoms. The zero-order valence-corrected chi connectivity index (χ0v) is 36.1. The summed E-state index contributed by atoms with van der Waals surface area (Å²) in [6.45, 7) is 12.7. The number of aryl methyl sites for hydroxylation is 2. The second-order valence-corrected chi connectivity index (χ2v) is 16.3. The van der Waals surface area contributed by atoms with Crippen molar-refractivity contribution < 1.29 is 37.1 Å². The molecule has 1 aliphatic rings. The molecule has 1 fully saturated rings. The predicted octanol–water partition coefficient (Wildman–Crippen LogP) is 11.8. The van der Waals surface area contributed by atoms with E-state index in [2.05, 4.69) is 77.9 Å². The minimum absolute atomic E-state index is 0. The van der Waals surface area contributed by atoms with Gasteiger partial charge in [-0.05, 0) is 85.3 Å². The van der Waals surface area contributed by atoms with Gasteiger partial charge in [0.25, 0.3) is 0 Å². The van der Waals surface area contributed by atoms with Crippen molar-refractivity contribution in [1.29, 1.82) is 0 Å². The third-order valence-corrected chi connectivity index (χ3v) is 11.2. The predicted molar refractivity (Wildman–Crippen MR) is 236 cm³/mol. The maximum absolute atomic E-state index is 11.4. The Bertz CT molecular complexity index is 2200. The van der Waals surface area contributed by atoms with E-state index in [9.17, 15) is 15.3 Å². The Kier molecular flexibility index (Phi) is 15.0. The minimum Gasteiger partial charge on any atom is -0.872 e. The molecule has 1 radical (unpaired) electrons. The second-order valence-electron chi connectivity index (χ2n) is 16.3. The van der Waals surface area contributed by atoms with Crippen molar-refractivity contribution in [2.45, 2.75) is 90.1 Å². The molecule has 6 aromatic carbocycles. The summed E-state index contributed by atoms with van der Waals surface area (Å²) < 4.78 is 5.49. The van der Waals surface area contributed by atoms with Crippen LogP contribution in [0.2, 0.25) is 0 Å². The molecule has 1 aliphatic carbocycles. The first-order valence-electron chi connectivity index (χ1n) is 20.2. The summed E-state index contributed by atoms with van der Waals surface area (Å²) >= 11 is 0. The van der Waals surface area contributed by atoms with E-state index in [1.54, 1.807) is 12.1 Å². The first kappa shape index (κ1) is 44.5. The zero-order valence-electron chi connectivity index (χ0n) is 34.9. The third kappa shape index (κ3) is 11.1. The summed E-state index contributed by atoms with van der Waals surface area (Å²) in [5.41, 5.74) is 7.03. The first-order valence-corrected chi connectivity index (χ1v) is 20.2. The summed E-state index contributed by atoms with van der Waals surface area (Å²) in [5, 5.41) is 33.7.